The fraction of sp³-hybridized carbons (Fsp3) is 0.600. The summed E-state index contributed by atoms with van der Waals surface area (Å²) in [5, 5.41) is 0. The maximum Gasteiger partial charge on any atom is 0.146 e. The summed E-state index contributed by atoms with van der Waals surface area (Å²) >= 11 is 0. The van der Waals surface area contributed by atoms with E-state index in [1.807, 2.05) is 24.0 Å². The number of nitrogens with two attached hydrogens (primary N) is 1. The predicted octanol–water partition coefficient (Wildman–Crippen LogP) is 3.10. The highest BCUT2D eigenvalue weighted by Gasteiger charge is 2.17. The minimum absolute atomic E-state index is 0.153. The zero-order valence-electron chi connectivity index (χ0n) is 12.3. The van der Waals surface area contributed by atoms with Crippen molar-refractivity contribution in [2.75, 3.05) is 25.2 Å². The third-order valence-electron chi connectivity index (χ3n) is 3.47. The van der Waals surface area contributed by atoms with E-state index in [1.165, 1.54) is 6.07 Å². The van der Waals surface area contributed by atoms with Crippen LogP contribution in [0.5, 0.6) is 0 Å². The summed E-state index contributed by atoms with van der Waals surface area (Å²) in [6, 6.07) is 5.36. The van der Waals surface area contributed by atoms with Gasteiger partial charge in [-0.2, -0.15) is 0 Å². The largest absolute Gasteiger partial charge is 0.383 e. The summed E-state index contributed by atoms with van der Waals surface area (Å²) in [7, 11) is 1.66. The number of ether oxygens (including phenoxy) is 1. The molecule has 2 N–H and O–H groups in total. The van der Waals surface area contributed by atoms with Crippen LogP contribution >= 0.6 is 0 Å². The van der Waals surface area contributed by atoms with Crippen molar-refractivity contribution < 1.29 is 9.13 Å². The summed E-state index contributed by atoms with van der Waals surface area (Å²) in [5.41, 5.74) is 7.21. The van der Waals surface area contributed by atoms with Gasteiger partial charge in [-0.25, -0.2) is 4.39 Å². The van der Waals surface area contributed by atoms with Gasteiger partial charge >= 0.3 is 0 Å². The van der Waals surface area contributed by atoms with Crippen LogP contribution in [0, 0.1) is 5.82 Å². The number of nitrogens with zero attached hydrogens (tertiary/aromatic N) is 1. The number of hydrogen-bond acceptors (Lipinski definition) is 3. The SMILES string of the molecule is CCC(C)N(CCOC)c1ccc([C@@H](C)N)cc1F. The van der Waals surface area contributed by atoms with E-state index >= 15 is 0 Å². The van der Waals surface area contributed by atoms with Gasteiger partial charge < -0.3 is 15.4 Å². The first-order valence-electron chi connectivity index (χ1n) is 6.81. The maximum absolute atomic E-state index is 14.2. The Balaban J connectivity index is 3.01. The first kappa shape index (κ1) is 15.9. The minimum atomic E-state index is -0.216. The van der Waals surface area contributed by atoms with Crippen LogP contribution in [0.15, 0.2) is 18.2 Å². The zero-order valence-corrected chi connectivity index (χ0v) is 12.3. The summed E-state index contributed by atoms with van der Waals surface area (Å²) in [6.45, 7) is 7.30. The van der Waals surface area contributed by atoms with Crippen molar-refractivity contribution in [3.63, 3.8) is 0 Å². The lowest BCUT2D eigenvalue weighted by Crippen LogP contribution is -2.36. The number of methoxy groups -OCH3 is 1. The van der Waals surface area contributed by atoms with Crippen LogP contribution in [0.25, 0.3) is 0 Å². The van der Waals surface area contributed by atoms with E-state index < -0.39 is 0 Å². The summed E-state index contributed by atoms with van der Waals surface area (Å²) < 4.78 is 19.4. The average Bonchev–Trinajstić information content (AvgIpc) is 2.39. The van der Waals surface area contributed by atoms with Crippen molar-refractivity contribution >= 4 is 5.69 Å². The molecule has 1 unspecified atom stereocenters. The number of halogens is 1. The lowest BCUT2D eigenvalue weighted by Gasteiger charge is -2.31. The lowest BCUT2D eigenvalue weighted by molar-refractivity contribution is 0.203. The molecule has 0 bridgehead atoms. The molecule has 1 aromatic rings. The standard InChI is InChI=1S/C15H25FN2O/c1-5-11(2)18(8-9-19-4)15-7-6-13(12(3)17)10-14(15)16/h6-7,10-12H,5,8-9,17H2,1-4H3/t11?,12-/m1/s1. The Morgan fingerprint density at radius 1 is 1.37 bits per heavy atom. The van der Waals surface area contributed by atoms with Gasteiger partial charge in [-0.3, -0.25) is 0 Å². The molecule has 3 nitrogen and oxygen atoms in total. The second kappa shape index (κ2) is 7.46. The molecule has 1 rings (SSSR count). The first-order chi connectivity index (χ1) is 9.01. The van der Waals surface area contributed by atoms with E-state index in [0.29, 0.717) is 18.8 Å². The van der Waals surface area contributed by atoms with E-state index in [-0.39, 0.29) is 17.9 Å². The van der Waals surface area contributed by atoms with Crippen LogP contribution in [0.2, 0.25) is 0 Å². The molecule has 108 valence electrons. The molecule has 0 saturated heterocycles. The highest BCUT2D eigenvalue weighted by molar-refractivity contribution is 5.50. The van der Waals surface area contributed by atoms with Gasteiger partial charge in [0.15, 0.2) is 0 Å². The van der Waals surface area contributed by atoms with Crippen molar-refractivity contribution in [3.05, 3.63) is 29.6 Å². The number of anilines is 1. The van der Waals surface area contributed by atoms with Crippen molar-refractivity contribution in [2.24, 2.45) is 5.73 Å². The third kappa shape index (κ3) is 4.18. The molecule has 0 heterocycles. The Kier molecular flexibility index (Phi) is 6.25. The molecule has 0 fully saturated rings. The molecule has 1 aromatic carbocycles. The second-order valence-electron chi connectivity index (χ2n) is 4.94. The van der Waals surface area contributed by atoms with Crippen molar-refractivity contribution in [1.29, 1.82) is 0 Å². The summed E-state index contributed by atoms with van der Waals surface area (Å²) in [5.74, 6) is -0.216. The molecule has 0 aromatic heterocycles. The number of benzene rings is 1. The van der Waals surface area contributed by atoms with E-state index in [2.05, 4.69) is 13.8 Å². The fourth-order valence-electron chi connectivity index (χ4n) is 2.03. The number of hydrogen-bond donors (Lipinski definition) is 1. The third-order valence-corrected chi connectivity index (χ3v) is 3.47. The molecule has 19 heavy (non-hydrogen) atoms. The maximum atomic E-state index is 14.2. The minimum Gasteiger partial charge on any atom is -0.383 e. The van der Waals surface area contributed by atoms with Crippen LogP contribution in [-0.4, -0.2) is 26.3 Å². The topological polar surface area (TPSA) is 38.5 Å². The Morgan fingerprint density at radius 2 is 2.05 bits per heavy atom. The quantitative estimate of drug-likeness (QED) is 0.826. The molecular formula is C15H25FN2O. The second-order valence-corrected chi connectivity index (χ2v) is 4.94. The van der Waals surface area contributed by atoms with Crippen LogP contribution in [0.3, 0.4) is 0 Å². The number of rotatable bonds is 7. The Morgan fingerprint density at radius 3 is 2.53 bits per heavy atom. The molecule has 0 spiro atoms. The zero-order chi connectivity index (χ0) is 14.4. The summed E-state index contributed by atoms with van der Waals surface area (Å²) in [6.07, 6.45) is 0.957. The van der Waals surface area contributed by atoms with Crippen molar-refractivity contribution in [1.82, 2.24) is 0 Å². The molecule has 0 radical (unpaired) electrons. The monoisotopic (exact) mass is 268 g/mol. The van der Waals surface area contributed by atoms with Gasteiger partial charge in [0.25, 0.3) is 0 Å². The van der Waals surface area contributed by atoms with Gasteiger partial charge in [-0.15, -0.1) is 0 Å². The van der Waals surface area contributed by atoms with E-state index in [1.54, 1.807) is 7.11 Å². The van der Waals surface area contributed by atoms with Crippen LogP contribution < -0.4 is 10.6 Å². The molecule has 2 atom stereocenters. The fourth-order valence-corrected chi connectivity index (χ4v) is 2.03. The predicted molar refractivity (Wildman–Crippen MR) is 78.0 cm³/mol. The van der Waals surface area contributed by atoms with Gasteiger partial charge in [0.05, 0.1) is 12.3 Å². The molecule has 4 heteroatoms. The van der Waals surface area contributed by atoms with Gasteiger partial charge in [0.2, 0.25) is 0 Å². The smallest absolute Gasteiger partial charge is 0.146 e. The van der Waals surface area contributed by atoms with Crippen LogP contribution in [-0.2, 0) is 4.74 Å². The van der Waals surface area contributed by atoms with Crippen LogP contribution in [0.1, 0.15) is 38.8 Å². The molecule has 0 aliphatic heterocycles. The molecular weight excluding hydrogens is 243 g/mol. The van der Waals surface area contributed by atoms with Crippen molar-refractivity contribution in [2.45, 2.75) is 39.3 Å². The van der Waals surface area contributed by atoms with E-state index in [4.69, 9.17) is 10.5 Å². The van der Waals surface area contributed by atoms with Gasteiger partial charge in [0.1, 0.15) is 5.82 Å². The molecule has 0 aliphatic carbocycles. The highest BCUT2D eigenvalue weighted by Crippen LogP contribution is 2.25. The average molecular weight is 268 g/mol. The van der Waals surface area contributed by atoms with E-state index in [0.717, 1.165) is 12.0 Å². The first-order valence-corrected chi connectivity index (χ1v) is 6.81. The Labute approximate surface area is 115 Å². The highest BCUT2D eigenvalue weighted by atomic mass is 19.1. The van der Waals surface area contributed by atoms with Gasteiger partial charge in [-0.1, -0.05) is 13.0 Å². The molecule has 0 aliphatic rings. The molecule has 0 saturated carbocycles. The molecule has 0 amide bonds. The van der Waals surface area contributed by atoms with Crippen molar-refractivity contribution in [3.8, 4) is 0 Å². The lowest BCUT2D eigenvalue weighted by atomic mass is 10.1. The van der Waals surface area contributed by atoms with Crippen LogP contribution in [0.4, 0.5) is 10.1 Å². The normalized spacial score (nSPS) is 14.2. The van der Waals surface area contributed by atoms with Gasteiger partial charge in [0, 0.05) is 25.7 Å². The van der Waals surface area contributed by atoms with E-state index in [9.17, 15) is 4.39 Å². The Bertz CT molecular complexity index is 396. The summed E-state index contributed by atoms with van der Waals surface area (Å²) in [4.78, 5) is 2.05. The van der Waals surface area contributed by atoms with Gasteiger partial charge in [-0.05, 0) is 38.0 Å². The Hall–Kier alpha value is -1.13.